The molecule has 4 aliphatic heterocycles. The zero-order chi connectivity index (χ0) is 82.0. The molecule has 0 saturated heterocycles. The Morgan fingerprint density at radius 3 is 1.53 bits per heavy atom. The van der Waals surface area contributed by atoms with Crippen molar-refractivity contribution in [2.24, 2.45) is 33.6 Å². The Labute approximate surface area is 600 Å². The van der Waals surface area contributed by atoms with Gasteiger partial charge in [-0.15, -0.1) is 0 Å². The second-order valence-electron chi connectivity index (χ2n) is 27.1. The zero-order valence-electron chi connectivity index (χ0n) is 73.2. The van der Waals surface area contributed by atoms with Crippen LogP contribution in [0.1, 0.15) is 114 Å². The summed E-state index contributed by atoms with van der Waals surface area (Å²) in [6, 6.07) is 37.9. The fourth-order valence-electron chi connectivity index (χ4n) is 13.8. The number of para-hydroxylation sites is 1. The number of pyridine rings is 7. The molecule has 16 rings (SSSR count). The van der Waals surface area contributed by atoms with E-state index in [1.807, 2.05) is 106 Å². The van der Waals surface area contributed by atoms with Gasteiger partial charge in [-0.25, -0.2) is 33.2 Å². The van der Waals surface area contributed by atoms with Gasteiger partial charge in [0.1, 0.15) is 22.5 Å². The van der Waals surface area contributed by atoms with Crippen LogP contribution < -0.4 is 60.0 Å². The highest BCUT2D eigenvalue weighted by Crippen LogP contribution is 2.38. The van der Waals surface area contributed by atoms with Crippen molar-refractivity contribution in [2.45, 2.75) is 110 Å². The summed E-state index contributed by atoms with van der Waals surface area (Å²) in [4.78, 5) is 21.3. The van der Waals surface area contributed by atoms with Crippen LogP contribution in [-0.2, 0) is 28.2 Å². The number of rotatable bonds is 4. The first-order chi connectivity index (χ1) is 52.8. The highest BCUT2D eigenvalue weighted by Gasteiger charge is 2.43. The third-order valence-electron chi connectivity index (χ3n) is 19.3. The number of furan rings is 3. The van der Waals surface area contributed by atoms with Crippen LogP contribution in [0.4, 0.5) is 23.3 Å². The van der Waals surface area contributed by atoms with E-state index in [-0.39, 0.29) is 43.0 Å². The third-order valence-corrected chi connectivity index (χ3v) is 19.3. The maximum absolute atomic E-state index is 7.74. The molecule has 0 fully saturated rings. The molecule has 10 aromatic heterocycles. The number of fused-ring (bicyclic) bond motifs is 11. The Hall–Kier alpha value is -10.2. The van der Waals surface area contributed by atoms with Crippen LogP contribution in [0.25, 0.3) is 68.0 Å². The van der Waals surface area contributed by atoms with Gasteiger partial charge in [-0.05, 0) is 206 Å². The Bertz CT molecular complexity index is 5900. The lowest BCUT2D eigenvalue weighted by atomic mass is 9.52. The Balaban J connectivity index is 0.000000132. The van der Waals surface area contributed by atoms with E-state index in [9.17, 15) is 0 Å². The molecule has 0 radical (unpaired) electrons. The number of nitrogens with zero attached hydrogens (tertiary/aromatic N) is 11. The number of hydrogen-bond acceptors (Lipinski definition) is 10. The van der Waals surface area contributed by atoms with Crippen molar-refractivity contribution in [2.75, 3.05) is 19.2 Å². The fraction of sp³-hybridized carbons (Fsp3) is 0.263. The summed E-state index contributed by atoms with van der Waals surface area (Å²) in [6.07, 6.45) is 19.4. The van der Waals surface area contributed by atoms with Crippen LogP contribution in [0.3, 0.4) is 0 Å². The SMILES string of the molecule is CB1c2ccccc2C(C(C)(C)C)=CN1c1ccc2ccccc2[n+]1C.[2H]C([2H])([2H])c1cc(C)c2c3c(oc2n1)B(C)N(c1cc(C)c(C([2H])([2H])[2H])c[n+]1C)C=C3.[2H]C([2H])([2H])c1ccc2c3c(oc2n1)B(C)N(c1cc(C)c(C([2H])([2H])[2H])c[n+]1C)C=C3.[2H]C([2H])([2H])c1ccc2c3c(oc2n1)B(C)N(c1cc(C)cc[n+]1C)C=C3. The first-order valence-corrected chi connectivity index (χ1v) is 33.0. The molecule has 14 nitrogen and oxygen atoms in total. The van der Waals surface area contributed by atoms with Gasteiger partial charge in [0.05, 0.1) is 77.0 Å². The second-order valence-corrected chi connectivity index (χ2v) is 27.1. The smallest absolute Gasteiger partial charge is 0.447 e. The van der Waals surface area contributed by atoms with E-state index in [2.05, 4.69) is 161 Å². The highest BCUT2D eigenvalue weighted by atomic mass is 16.4. The standard InChI is InChI=1S/C23H26BN2.C20H23BN3O.C19H21BN3O.C18H19BN3O/c1-23(2,3)19-16-26(24(4)20-12-8-7-11-18(19)20)22-15-14-17-10-6-9-13-21(17)25(22)5;1-12-10-17(23(6)11-14(12)3)24-8-7-16-18-13(2)9-15(4)22-20(18)25-19(16)21(24)5;1-12-10-17(22(5)11-13(12)2)23-9-8-15-16-7-6-14(3)21-19(16)24-18(15)20(23)4;1-12-7-9-21(4)16(11-12)22-10-8-14-15-6-5-13(2)20-18(15)23-17(14)19(22)3/h6-16H,1-5H3;7-11H,1-6H3;6-11H,1-5H3;5-11H,1-4H3/q4*+1/i;3D3,4D3;2D3,3D3;2D3. The molecular weight excluding hydrogens is 1210 g/mol. The Kier molecular flexibility index (Phi) is 13.3. The van der Waals surface area contributed by atoms with E-state index in [0.717, 1.165) is 61.5 Å². The Morgan fingerprint density at radius 1 is 0.459 bits per heavy atom. The van der Waals surface area contributed by atoms with E-state index < -0.39 is 34.3 Å². The summed E-state index contributed by atoms with van der Waals surface area (Å²) >= 11 is 0. The van der Waals surface area contributed by atoms with Crippen molar-refractivity contribution in [3.05, 3.63) is 231 Å². The molecule has 0 atom stereocenters. The molecule has 18 heteroatoms. The molecule has 0 bridgehead atoms. The lowest BCUT2D eigenvalue weighted by Gasteiger charge is -2.33. The Morgan fingerprint density at radius 2 is 0.969 bits per heavy atom. The number of allylic oxidation sites excluding steroid dienone is 1. The molecule has 490 valence electrons. The number of aryl methyl sites for hydroxylation is 13. The normalized spacial score (nSPS) is 16.8. The van der Waals surface area contributed by atoms with E-state index in [4.69, 9.17) is 33.8 Å². The van der Waals surface area contributed by atoms with Gasteiger partial charge in [0, 0.05) is 100 Å². The fourth-order valence-corrected chi connectivity index (χ4v) is 13.8. The lowest BCUT2D eigenvalue weighted by Crippen LogP contribution is -2.52. The van der Waals surface area contributed by atoms with Crippen LogP contribution in [0.15, 0.2) is 172 Å². The van der Waals surface area contributed by atoms with Gasteiger partial charge in [-0.1, -0.05) is 63.2 Å². The summed E-state index contributed by atoms with van der Waals surface area (Å²) in [5, 5.41) is 3.68. The summed E-state index contributed by atoms with van der Waals surface area (Å²) < 4.78 is 141. The largest absolute Gasteiger partial charge is 0.447 e. The van der Waals surface area contributed by atoms with Crippen molar-refractivity contribution < 1.29 is 52.1 Å². The van der Waals surface area contributed by atoms with Gasteiger partial charge < -0.3 is 13.3 Å². The monoisotopic (exact) mass is 1310 g/mol. The summed E-state index contributed by atoms with van der Waals surface area (Å²) in [6.45, 7) is 11.4. The van der Waals surface area contributed by atoms with Gasteiger partial charge >= 0.3 is 27.4 Å². The van der Waals surface area contributed by atoms with Crippen LogP contribution in [0.5, 0.6) is 0 Å². The number of anilines is 4. The maximum atomic E-state index is 7.74. The van der Waals surface area contributed by atoms with Crippen molar-refractivity contribution in [3.63, 3.8) is 0 Å². The van der Waals surface area contributed by atoms with Gasteiger partial charge in [-0.2, -0.15) is 0 Å². The molecule has 14 heterocycles. The predicted molar refractivity (Wildman–Crippen MR) is 409 cm³/mol. The average molecular weight is 1310 g/mol. The molecule has 98 heavy (non-hydrogen) atoms. The summed E-state index contributed by atoms with van der Waals surface area (Å²) in [7, 11) is 7.79. The van der Waals surface area contributed by atoms with E-state index in [1.54, 1.807) is 59.6 Å². The van der Waals surface area contributed by atoms with E-state index in [0.29, 0.717) is 57.6 Å². The highest BCUT2D eigenvalue weighted by molar-refractivity contribution is 6.78. The van der Waals surface area contributed by atoms with Gasteiger partial charge in [0.25, 0.3) is 23.3 Å². The van der Waals surface area contributed by atoms with Gasteiger partial charge in [-0.3, -0.25) is 19.2 Å². The molecule has 0 spiro atoms. The van der Waals surface area contributed by atoms with Crippen molar-refractivity contribution in [3.8, 4) is 0 Å². The molecule has 0 amide bonds. The van der Waals surface area contributed by atoms with Crippen LogP contribution >= 0.6 is 0 Å². The number of benzene rings is 2. The zero-order valence-corrected chi connectivity index (χ0v) is 58.2. The quantitative estimate of drug-likeness (QED) is 0.125. The van der Waals surface area contributed by atoms with Crippen molar-refractivity contribution in [1.82, 2.24) is 15.0 Å². The first-order valence-electron chi connectivity index (χ1n) is 40.5. The molecule has 12 aromatic rings. The minimum absolute atomic E-state index is 0.00290. The molecule has 4 aliphatic rings. The molecule has 0 saturated carbocycles. The molecule has 0 aliphatic carbocycles. The van der Waals surface area contributed by atoms with Crippen LogP contribution in [0, 0.1) is 67.4 Å². The van der Waals surface area contributed by atoms with Crippen molar-refractivity contribution >= 4 is 141 Å². The first kappa shape index (κ1) is 50.2. The second kappa shape index (κ2) is 26.0. The predicted octanol–water partition coefficient (Wildman–Crippen LogP) is 13.1. The molecule has 0 unspecified atom stereocenters. The molecule has 2 aromatic carbocycles. The molecular formula is C80H89B4N11O3+4. The van der Waals surface area contributed by atoms with Crippen LogP contribution in [0.2, 0.25) is 27.3 Å². The van der Waals surface area contributed by atoms with E-state index in [1.165, 1.54) is 44.9 Å². The van der Waals surface area contributed by atoms with E-state index >= 15 is 0 Å². The summed E-state index contributed by atoms with van der Waals surface area (Å²) in [5.74, 6) is 3.89. The summed E-state index contributed by atoms with van der Waals surface area (Å²) in [5.41, 5.74) is 15.4. The lowest BCUT2D eigenvalue weighted by molar-refractivity contribution is -0.658. The maximum Gasteiger partial charge on any atom is 0.447 e. The minimum atomic E-state index is -2.31. The molecule has 0 N–H and O–H groups in total. The van der Waals surface area contributed by atoms with Crippen molar-refractivity contribution in [1.29, 1.82) is 0 Å². The topological polar surface area (TPSA) is 107 Å². The number of hydrogen-bond donors (Lipinski definition) is 0. The minimum Gasteiger partial charge on any atom is -0.447 e. The van der Waals surface area contributed by atoms with Crippen LogP contribution in [-0.4, -0.2) is 42.3 Å². The number of aromatic nitrogens is 7. The average Bonchev–Trinajstić information content (AvgIpc) is 1.55. The third kappa shape index (κ3) is 12.2. The van der Waals surface area contributed by atoms with Gasteiger partial charge in [0.2, 0.25) is 17.1 Å². The van der Waals surface area contributed by atoms with Gasteiger partial charge in [0.15, 0.2) is 0 Å².